The molecule has 0 aromatic heterocycles. The van der Waals surface area contributed by atoms with E-state index in [0.717, 1.165) is 0 Å². The fourth-order valence-corrected chi connectivity index (χ4v) is 4.65. The normalized spacial score (nSPS) is 15.0. The molecule has 2 aromatic carbocycles. The number of carbonyl (C=O) groups is 1. The van der Waals surface area contributed by atoms with E-state index in [1.165, 1.54) is 23.5 Å². The molecular weight excluding hydrogens is 418 g/mol. The van der Waals surface area contributed by atoms with Gasteiger partial charge >= 0.3 is 0 Å². The first-order valence-corrected chi connectivity index (χ1v) is 10.8. The maximum atomic E-state index is 13.0. The van der Waals surface area contributed by atoms with Gasteiger partial charge in [0, 0.05) is 29.5 Å². The van der Waals surface area contributed by atoms with Crippen molar-refractivity contribution < 1.29 is 22.7 Å². The van der Waals surface area contributed by atoms with Crippen LogP contribution in [-0.4, -0.2) is 58.6 Å². The van der Waals surface area contributed by atoms with Crippen molar-refractivity contribution in [2.75, 3.05) is 50.6 Å². The lowest BCUT2D eigenvalue weighted by molar-refractivity contribution is -0.114. The standard InChI is InChI=1S/C19H22ClN3O5S/c1-27-17-6-5-16(12-18(17)29(25,26)23-7-9-28-10-8-23)22-19(24)13-21-15-4-2-3-14(20)11-15/h2-6,11-12,21H,7-10,13H2,1H3,(H,22,24). The number of nitrogens with zero attached hydrogens (tertiary/aromatic N) is 1. The number of morpholine rings is 1. The zero-order valence-electron chi connectivity index (χ0n) is 15.9. The van der Waals surface area contributed by atoms with Crippen molar-refractivity contribution in [2.45, 2.75) is 4.90 Å². The Balaban J connectivity index is 1.73. The van der Waals surface area contributed by atoms with Gasteiger partial charge in [0.1, 0.15) is 10.6 Å². The highest BCUT2D eigenvalue weighted by atomic mass is 35.5. The van der Waals surface area contributed by atoms with E-state index in [9.17, 15) is 13.2 Å². The van der Waals surface area contributed by atoms with Gasteiger partial charge in [0.2, 0.25) is 15.9 Å². The number of hydrogen-bond acceptors (Lipinski definition) is 6. The molecule has 1 aliphatic rings. The van der Waals surface area contributed by atoms with Crippen LogP contribution in [0, 0.1) is 0 Å². The molecular formula is C19H22ClN3O5S. The number of hydrogen-bond donors (Lipinski definition) is 2. The topological polar surface area (TPSA) is 97.0 Å². The number of anilines is 2. The molecule has 10 heteroatoms. The molecule has 1 fully saturated rings. The molecule has 0 atom stereocenters. The Labute approximate surface area is 174 Å². The Morgan fingerprint density at radius 2 is 1.93 bits per heavy atom. The zero-order chi connectivity index (χ0) is 20.9. The third kappa shape index (κ3) is 5.39. The number of methoxy groups -OCH3 is 1. The van der Waals surface area contributed by atoms with Crippen LogP contribution in [0.15, 0.2) is 47.4 Å². The fraction of sp³-hybridized carbons (Fsp3) is 0.316. The molecule has 0 aliphatic carbocycles. The molecule has 0 saturated carbocycles. The largest absolute Gasteiger partial charge is 0.495 e. The van der Waals surface area contributed by atoms with E-state index < -0.39 is 10.0 Å². The lowest BCUT2D eigenvalue weighted by atomic mass is 10.3. The number of amides is 1. The summed E-state index contributed by atoms with van der Waals surface area (Å²) in [4.78, 5) is 12.3. The minimum atomic E-state index is -3.78. The van der Waals surface area contributed by atoms with Crippen molar-refractivity contribution in [3.8, 4) is 5.75 Å². The molecule has 8 nitrogen and oxygen atoms in total. The van der Waals surface area contributed by atoms with Crippen LogP contribution in [0.5, 0.6) is 5.75 Å². The Kier molecular flexibility index (Phi) is 6.96. The van der Waals surface area contributed by atoms with Crippen molar-refractivity contribution >= 4 is 38.9 Å². The van der Waals surface area contributed by atoms with Crippen molar-refractivity contribution in [1.82, 2.24) is 4.31 Å². The molecule has 0 radical (unpaired) electrons. The Bertz CT molecular complexity index is 978. The summed E-state index contributed by atoms with van der Waals surface area (Å²) in [6.45, 7) is 1.22. The number of halogens is 1. The molecule has 156 valence electrons. The van der Waals surface area contributed by atoms with Gasteiger partial charge in [-0.2, -0.15) is 4.31 Å². The van der Waals surface area contributed by atoms with E-state index in [1.807, 2.05) is 0 Å². The molecule has 1 heterocycles. The summed E-state index contributed by atoms with van der Waals surface area (Å²) in [6.07, 6.45) is 0. The number of rotatable bonds is 7. The average molecular weight is 440 g/mol. The monoisotopic (exact) mass is 439 g/mol. The number of ether oxygens (including phenoxy) is 2. The van der Waals surface area contributed by atoms with Gasteiger partial charge in [0.15, 0.2) is 0 Å². The highest BCUT2D eigenvalue weighted by Crippen LogP contribution is 2.30. The molecule has 0 bridgehead atoms. The fourth-order valence-electron chi connectivity index (χ4n) is 2.87. The van der Waals surface area contributed by atoms with Gasteiger partial charge in [-0.15, -0.1) is 0 Å². The van der Waals surface area contributed by atoms with Gasteiger partial charge in [-0.1, -0.05) is 17.7 Å². The van der Waals surface area contributed by atoms with Crippen LogP contribution in [0.2, 0.25) is 5.02 Å². The van der Waals surface area contributed by atoms with Gasteiger partial charge in [-0.25, -0.2) is 8.42 Å². The quantitative estimate of drug-likeness (QED) is 0.687. The summed E-state index contributed by atoms with van der Waals surface area (Å²) in [6, 6.07) is 11.5. The molecule has 0 spiro atoms. The molecule has 29 heavy (non-hydrogen) atoms. The first-order valence-electron chi connectivity index (χ1n) is 8.95. The molecule has 1 amide bonds. The Morgan fingerprint density at radius 3 is 2.62 bits per heavy atom. The summed E-state index contributed by atoms with van der Waals surface area (Å²) in [5, 5.41) is 6.22. The van der Waals surface area contributed by atoms with Crippen molar-refractivity contribution in [3.63, 3.8) is 0 Å². The van der Waals surface area contributed by atoms with Gasteiger partial charge < -0.3 is 20.1 Å². The van der Waals surface area contributed by atoms with Gasteiger partial charge in [-0.3, -0.25) is 4.79 Å². The third-order valence-corrected chi connectivity index (χ3v) is 6.47. The van der Waals surface area contributed by atoms with Crippen LogP contribution >= 0.6 is 11.6 Å². The van der Waals surface area contributed by atoms with Crippen LogP contribution in [0.1, 0.15) is 0 Å². The number of carbonyl (C=O) groups excluding carboxylic acids is 1. The second kappa shape index (κ2) is 9.45. The predicted octanol–water partition coefficient (Wildman–Crippen LogP) is 2.42. The van der Waals surface area contributed by atoms with E-state index in [2.05, 4.69) is 10.6 Å². The first-order chi connectivity index (χ1) is 13.9. The van der Waals surface area contributed by atoms with Crippen molar-refractivity contribution in [1.29, 1.82) is 0 Å². The minimum Gasteiger partial charge on any atom is -0.495 e. The SMILES string of the molecule is COc1ccc(NC(=O)CNc2cccc(Cl)c2)cc1S(=O)(=O)N1CCOCC1. The van der Waals surface area contributed by atoms with Gasteiger partial charge in [0.05, 0.1) is 26.9 Å². The molecule has 0 unspecified atom stereocenters. The highest BCUT2D eigenvalue weighted by Gasteiger charge is 2.29. The van der Waals surface area contributed by atoms with Crippen LogP contribution in [0.3, 0.4) is 0 Å². The summed E-state index contributed by atoms with van der Waals surface area (Å²) < 4.78 is 37.8. The third-order valence-electron chi connectivity index (χ3n) is 4.31. The predicted molar refractivity (Wildman–Crippen MR) is 111 cm³/mol. The summed E-state index contributed by atoms with van der Waals surface area (Å²) >= 11 is 5.92. The second-order valence-electron chi connectivity index (χ2n) is 6.29. The lowest BCUT2D eigenvalue weighted by Gasteiger charge is -2.26. The maximum Gasteiger partial charge on any atom is 0.246 e. The van der Waals surface area contributed by atoms with E-state index in [0.29, 0.717) is 29.6 Å². The molecule has 1 aliphatic heterocycles. The van der Waals surface area contributed by atoms with Gasteiger partial charge in [-0.05, 0) is 36.4 Å². The Morgan fingerprint density at radius 1 is 1.17 bits per heavy atom. The number of sulfonamides is 1. The van der Waals surface area contributed by atoms with Crippen LogP contribution in [0.4, 0.5) is 11.4 Å². The molecule has 3 rings (SSSR count). The molecule has 1 saturated heterocycles. The first kappa shape index (κ1) is 21.4. The Hall–Kier alpha value is -2.33. The van der Waals surface area contributed by atoms with Crippen LogP contribution < -0.4 is 15.4 Å². The smallest absolute Gasteiger partial charge is 0.246 e. The lowest BCUT2D eigenvalue weighted by Crippen LogP contribution is -2.40. The van der Waals surface area contributed by atoms with E-state index in [4.69, 9.17) is 21.1 Å². The molecule has 2 N–H and O–H groups in total. The van der Waals surface area contributed by atoms with E-state index in [1.54, 1.807) is 30.3 Å². The maximum absolute atomic E-state index is 13.0. The highest BCUT2D eigenvalue weighted by molar-refractivity contribution is 7.89. The minimum absolute atomic E-state index is 0.00206. The molecule has 2 aromatic rings. The van der Waals surface area contributed by atoms with Crippen molar-refractivity contribution in [2.24, 2.45) is 0 Å². The summed E-state index contributed by atoms with van der Waals surface area (Å²) in [7, 11) is -2.37. The average Bonchev–Trinajstić information content (AvgIpc) is 2.73. The zero-order valence-corrected chi connectivity index (χ0v) is 17.4. The van der Waals surface area contributed by atoms with Crippen molar-refractivity contribution in [3.05, 3.63) is 47.5 Å². The second-order valence-corrected chi connectivity index (χ2v) is 8.64. The summed E-state index contributed by atoms with van der Waals surface area (Å²) in [5.41, 5.74) is 1.06. The van der Waals surface area contributed by atoms with Gasteiger partial charge in [0.25, 0.3) is 0 Å². The number of benzene rings is 2. The van der Waals surface area contributed by atoms with E-state index in [-0.39, 0.29) is 36.2 Å². The van der Waals surface area contributed by atoms with Crippen LogP contribution in [0.25, 0.3) is 0 Å². The number of nitrogens with one attached hydrogen (secondary N) is 2. The van der Waals surface area contributed by atoms with E-state index >= 15 is 0 Å². The summed E-state index contributed by atoms with van der Waals surface area (Å²) in [5.74, 6) is -0.114. The van der Waals surface area contributed by atoms with Crippen LogP contribution in [-0.2, 0) is 19.6 Å².